The Morgan fingerprint density at radius 2 is 2.07 bits per heavy atom. The highest BCUT2D eigenvalue weighted by Gasteiger charge is 2.39. The van der Waals surface area contributed by atoms with Gasteiger partial charge in [0.05, 0.1) is 6.54 Å². The van der Waals surface area contributed by atoms with Crippen LogP contribution in [0, 0.1) is 5.92 Å². The molecule has 1 fully saturated rings. The lowest BCUT2D eigenvalue weighted by Crippen LogP contribution is -2.51. The molecule has 1 heterocycles. The van der Waals surface area contributed by atoms with Crippen LogP contribution in [0.2, 0.25) is 0 Å². The second kappa shape index (κ2) is 3.65. The quantitative estimate of drug-likeness (QED) is 0.574. The van der Waals surface area contributed by atoms with E-state index in [1.807, 2.05) is 0 Å². The minimum Gasteiger partial charge on any atom is -0.368 e. The molecule has 0 spiro atoms. The van der Waals surface area contributed by atoms with Crippen LogP contribution >= 0.6 is 0 Å². The van der Waals surface area contributed by atoms with Crippen molar-refractivity contribution in [3.05, 3.63) is 0 Å². The van der Waals surface area contributed by atoms with Gasteiger partial charge in [0.25, 0.3) is 5.91 Å². The van der Waals surface area contributed by atoms with Gasteiger partial charge in [0.15, 0.2) is 0 Å². The molecule has 0 aromatic rings. The summed E-state index contributed by atoms with van der Waals surface area (Å²) in [6, 6.07) is -1.41. The van der Waals surface area contributed by atoms with Crippen molar-refractivity contribution < 1.29 is 14.4 Å². The van der Waals surface area contributed by atoms with Gasteiger partial charge in [0.1, 0.15) is 6.04 Å². The molecule has 0 bridgehead atoms. The Labute approximate surface area is 81.4 Å². The van der Waals surface area contributed by atoms with Gasteiger partial charge in [0.2, 0.25) is 5.91 Å². The molecule has 6 nitrogen and oxygen atoms in total. The average Bonchev–Trinajstić information content (AvgIpc) is 2.34. The maximum Gasteiger partial charge on any atom is 0.325 e. The zero-order chi connectivity index (χ0) is 10.9. The molecule has 0 aliphatic carbocycles. The molecule has 6 heteroatoms. The van der Waals surface area contributed by atoms with E-state index in [1.165, 1.54) is 0 Å². The van der Waals surface area contributed by atoms with Crippen molar-refractivity contribution in [2.45, 2.75) is 19.9 Å². The smallest absolute Gasteiger partial charge is 0.325 e. The SMILES string of the molecule is CC(C)[C@@H](C(N)=O)N1C(=O)CNC1=O. The van der Waals surface area contributed by atoms with Gasteiger partial charge in [-0.05, 0) is 5.92 Å². The fraction of sp³-hybridized carbons (Fsp3) is 0.625. The van der Waals surface area contributed by atoms with Crippen molar-refractivity contribution in [3.63, 3.8) is 0 Å². The summed E-state index contributed by atoms with van der Waals surface area (Å²) in [5.74, 6) is -1.25. The van der Waals surface area contributed by atoms with E-state index in [0.29, 0.717) is 0 Å². The number of carbonyl (C=O) groups excluding carboxylic acids is 3. The number of primary amides is 1. The van der Waals surface area contributed by atoms with Crippen molar-refractivity contribution in [1.82, 2.24) is 10.2 Å². The number of nitrogens with one attached hydrogen (secondary N) is 1. The molecule has 1 atom stereocenters. The summed E-state index contributed by atoms with van der Waals surface area (Å²) in [4.78, 5) is 34.5. The minimum absolute atomic E-state index is 0.0602. The fourth-order valence-corrected chi connectivity index (χ4v) is 1.47. The molecule has 1 saturated heterocycles. The molecule has 0 aromatic carbocycles. The first-order chi connectivity index (χ1) is 6.45. The van der Waals surface area contributed by atoms with E-state index in [-0.39, 0.29) is 12.5 Å². The van der Waals surface area contributed by atoms with Crippen LogP contribution in [-0.2, 0) is 9.59 Å². The van der Waals surface area contributed by atoms with E-state index in [2.05, 4.69) is 5.32 Å². The molecule has 0 radical (unpaired) electrons. The van der Waals surface area contributed by atoms with Gasteiger partial charge >= 0.3 is 6.03 Å². The maximum atomic E-state index is 11.3. The third-order valence-corrected chi connectivity index (χ3v) is 2.08. The fourth-order valence-electron chi connectivity index (χ4n) is 1.47. The van der Waals surface area contributed by atoms with E-state index >= 15 is 0 Å². The molecular formula is C8H13N3O3. The summed E-state index contributed by atoms with van der Waals surface area (Å²) in [7, 11) is 0. The van der Waals surface area contributed by atoms with Crippen LogP contribution in [0.4, 0.5) is 4.79 Å². The van der Waals surface area contributed by atoms with E-state index in [0.717, 1.165) is 4.90 Å². The number of nitrogens with zero attached hydrogens (tertiary/aromatic N) is 1. The zero-order valence-corrected chi connectivity index (χ0v) is 8.11. The van der Waals surface area contributed by atoms with Gasteiger partial charge in [-0.25, -0.2) is 9.69 Å². The number of urea groups is 1. The third kappa shape index (κ3) is 1.68. The Hall–Kier alpha value is -1.59. The minimum atomic E-state index is -0.856. The molecule has 1 rings (SSSR count). The van der Waals surface area contributed by atoms with Gasteiger partial charge in [0, 0.05) is 0 Å². The maximum absolute atomic E-state index is 11.3. The number of hydrogen-bond donors (Lipinski definition) is 2. The van der Waals surface area contributed by atoms with Gasteiger partial charge in [-0.15, -0.1) is 0 Å². The lowest BCUT2D eigenvalue weighted by atomic mass is 10.0. The topological polar surface area (TPSA) is 92.5 Å². The lowest BCUT2D eigenvalue weighted by molar-refractivity contribution is -0.134. The van der Waals surface area contributed by atoms with Crippen molar-refractivity contribution in [2.24, 2.45) is 11.7 Å². The van der Waals surface area contributed by atoms with Crippen LogP contribution < -0.4 is 11.1 Å². The molecule has 14 heavy (non-hydrogen) atoms. The normalized spacial score (nSPS) is 18.6. The second-order valence-corrected chi connectivity index (χ2v) is 3.51. The monoisotopic (exact) mass is 199 g/mol. The van der Waals surface area contributed by atoms with Crippen LogP contribution in [0.15, 0.2) is 0 Å². The van der Waals surface area contributed by atoms with E-state index in [9.17, 15) is 14.4 Å². The summed E-state index contributed by atoms with van der Waals surface area (Å²) in [5, 5.41) is 2.34. The van der Waals surface area contributed by atoms with E-state index < -0.39 is 23.9 Å². The highest BCUT2D eigenvalue weighted by Crippen LogP contribution is 2.13. The molecule has 0 saturated carbocycles. The first-order valence-electron chi connectivity index (χ1n) is 4.34. The molecule has 1 aliphatic rings. The number of carbonyl (C=O) groups is 3. The Morgan fingerprint density at radius 3 is 2.36 bits per heavy atom. The largest absolute Gasteiger partial charge is 0.368 e. The molecular weight excluding hydrogens is 186 g/mol. The number of rotatable bonds is 3. The Balaban J connectivity index is 2.92. The van der Waals surface area contributed by atoms with Crippen LogP contribution in [0.1, 0.15) is 13.8 Å². The first-order valence-corrected chi connectivity index (χ1v) is 4.34. The Bertz CT molecular complexity index is 272. The summed E-state index contributed by atoms with van der Waals surface area (Å²) in [6.45, 7) is 3.40. The molecule has 0 aromatic heterocycles. The van der Waals surface area contributed by atoms with Crippen LogP contribution in [-0.4, -0.2) is 35.3 Å². The summed E-state index contributed by atoms with van der Waals surface area (Å²) in [5.41, 5.74) is 5.13. The van der Waals surface area contributed by atoms with Crippen LogP contribution in [0.5, 0.6) is 0 Å². The molecule has 0 unspecified atom stereocenters. The zero-order valence-electron chi connectivity index (χ0n) is 8.11. The van der Waals surface area contributed by atoms with E-state index in [1.54, 1.807) is 13.8 Å². The van der Waals surface area contributed by atoms with Crippen molar-refractivity contribution in [2.75, 3.05) is 6.54 Å². The van der Waals surface area contributed by atoms with E-state index in [4.69, 9.17) is 5.73 Å². The van der Waals surface area contributed by atoms with Crippen LogP contribution in [0.3, 0.4) is 0 Å². The Kier molecular flexibility index (Phi) is 2.73. The lowest BCUT2D eigenvalue weighted by Gasteiger charge is -2.25. The highest BCUT2D eigenvalue weighted by molar-refractivity contribution is 6.05. The molecule has 4 amide bonds. The predicted octanol–water partition coefficient (Wildman–Crippen LogP) is -0.952. The van der Waals surface area contributed by atoms with Crippen molar-refractivity contribution in [3.8, 4) is 0 Å². The van der Waals surface area contributed by atoms with Crippen molar-refractivity contribution >= 4 is 17.8 Å². The molecule has 3 N–H and O–H groups in total. The predicted molar refractivity (Wildman–Crippen MR) is 48.1 cm³/mol. The summed E-state index contributed by atoms with van der Waals surface area (Å²) < 4.78 is 0. The number of nitrogens with two attached hydrogens (primary N) is 1. The van der Waals surface area contributed by atoms with Gasteiger partial charge in [-0.2, -0.15) is 0 Å². The average molecular weight is 199 g/mol. The summed E-state index contributed by atoms with van der Waals surface area (Å²) in [6.07, 6.45) is 0. The molecule has 78 valence electrons. The van der Waals surface area contributed by atoms with Gasteiger partial charge in [-0.3, -0.25) is 9.59 Å². The highest BCUT2D eigenvalue weighted by atomic mass is 16.2. The second-order valence-electron chi connectivity index (χ2n) is 3.51. The van der Waals surface area contributed by atoms with Crippen LogP contribution in [0.25, 0.3) is 0 Å². The standard InChI is InChI=1S/C8H13N3O3/c1-4(2)6(7(9)13)11-5(12)3-10-8(11)14/h4,6H,3H2,1-2H3,(H2,9,13)(H,10,14)/t6-/m0/s1. The third-order valence-electron chi connectivity index (χ3n) is 2.08. The molecule has 1 aliphatic heterocycles. The first kappa shape index (κ1) is 10.5. The Morgan fingerprint density at radius 1 is 1.50 bits per heavy atom. The number of imide groups is 1. The summed E-state index contributed by atoms with van der Waals surface area (Å²) >= 11 is 0. The number of hydrogen-bond acceptors (Lipinski definition) is 3. The number of amides is 4. The van der Waals surface area contributed by atoms with Gasteiger partial charge in [-0.1, -0.05) is 13.8 Å². The van der Waals surface area contributed by atoms with Gasteiger partial charge < -0.3 is 11.1 Å². The van der Waals surface area contributed by atoms with Crippen molar-refractivity contribution in [1.29, 1.82) is 0 Å².